The number of nitrogens with zero attached hydrogens (tertiary/aromatic N) is 2. The highest BCUT2D eigenvalue weighted by atomic mass is 32.2. The lowest BCUT2D eigenvalue weighted by Crippen LogP contribution is -1.89. The van der Waals surface area contributed by atoms with Gasteiger partial charge in [-0.15, -0.1) is 0 Å². The average Bonchev–Trinajstić information content (AvgIpc) is 2.73. The van der Waals surface area contributed by atoms with Gasteiger partial charge in [-0.1, -0.05) is 0 Å². The molecule has 0 spiro atoms. The number of H-pyrrole nitrogens is 1. The third-order valence-corrected chi connectivity index (χ3v) is 2.80. The molecule has 78 valence electrons. The Balaban J connectivity index is 2.28. The maximum atomic E-state index is 12.9. The molecular weight excluding hydrogens is 217 g/mol. The molecule has 0 atom stereocenters. The van der Waals surface area contributed by atoms with E-state index in [0.29, 0.717) is 10.7 Å². The summed E-state index contributed by atoms with van der Waals surface area (Å²) in [7, 11) is 0. The summed E-state index contributed by atoms with van der Waals surface area (Å²) in [5.74, 6) is -0.360. The van der Waals surface area contributed by atoms with Crippen LogP contribution in [0.2, 0.25) is 0 Å². The highest BCUT2D eigenvalue weighted by Gasteiger charge is 2.06. The van der Waals surface area contributed by atoms with Gasteiger partial charge in [-0.3, -0.25) is 5.10 Å². The normalized spacial score (nSPS) is 10.5. The SMILES string of the molecule is OCc1cc(F)ccc1Sc1ncn[nH]1. The van der Waals surface area contributed by atoms with Crippen molar-refractivity contribution >= 4 is 11.8 Å². The summed E-state index contributed by atoms with van der Waals surface area (Å²) < 4.78 is 12.9. The fourth-order valence-electron chi connectivity index (χ4n) is 1.12. The zero-order chi connectivity index (χ0) is 10.7. The largest absolute Gasteiger partial charge is 0.392 e. The first-order chi connectivity index (χ1) is 7.29. The van der Waals surface area contributed by atoms with E-state index in [0.717, 1.165) is 4.90 Å². The number of aliphatic hydroxyl groups excluding tert-OH is 1. The lowest BCUT2D eigenvalue weighted by Gasteiger charge is -2.04. The minimum atomic E-state index is -0.360. The summed E-state index contributed by atoms with van der Waals surface area (Å²) in [4.78, 5) is 4.69. The fourth-order valence-corrected chi connectivity index (χ4v) is 1.92. The molecule has 2 aromatic rings. The molecule has 6 heteroatoms. The summed E-state index contributed by atoms with van der Waals surface area (Å²) in [6.07, 6.45) is 1.39. The monoisotopic (exact) mass is 225 g/mol. The Hall–Kier alpha value is -1.40. The summed E-state index contributed by atoms with van der Waals surface area (Å²) in [5, 5.41) is 16.0. The standard InChI is InChI=1S/C9H8FN3OS/c10-7-1-2-8(6(3-7)4-14)15-9-11-5-12-13-9/h1-3,5,14H,4H2,(H,11,12,13). The number of nitrogens with one attached hydrogen (secondary N) is 1. The molecule has 2 rings (SSSR count). The molecule has 0 aliphatic carbocycles. The van der Waals surface area contributed by atoms with Crippen LogP contribution in [0.4, 0.5) is 4.39 Å². The van der Waals surface area contributed by atoms with Crippen molar-refractivity contribution in [3.05, 3.63) is 35.9 Å². The number of hydrogen-bond donors (Lipinski definition) is 2. The topological polar surface area (TPSA) is 61.8 Å². The molecule has 2 N–H and O–H groups in total. The Morgan fingerprint density at radius 2 is 2.33 bits per heavy atom. The molecule has 0 amide bonds. The van der Waals surface area contributed by atoms with Gasteiger partial charge in [0.2, 0.25) is 0 Å². The van der Waals surface area contributed by atoms with Crippen molar-refractivity contribution in [2.24, 2.45) is 0 Å². The molecule has 4 nitrogen and oxygen atoms in total. The fraction of sp³-hybridized carbons (Fsp3) is 0.111. The van der Waals surface area contributed by atoms with Crippen LogP contribution in [0.25, 0.3) is 0 Å². The average molecular weight is 225 g/mol. The van der Waals surface area contributed by atoms with Crippen LogP contribution in [0.5, 0.6) is 0 Å². The number of hydrogen-bond acceptors (Lipinski definition) is 4. The van der Waals surface area contributed by atoms with Crippen molar-refractivity contribution in [1.29, 1.82) is 0 Å². The molecule has 0 radical (unpaired) electrons. The Morgan fingerprint density at radius 1 is 1.47 bits per heavy atom. The van der Waals surface area contributed by atoms with E-state index < -0.39 is 0 Å². The number of halogens is 1. The predicted molar refractivity (Wildman–Crippen MR) is 52.8 cm³/mol. The minimum absolute atomic E-state index is 0.200. The molecule has 0 saturated carbocycles. The van der Waals surface area contributed by atoms with Crippen molar-refractivity contribution < 1.29 is 9.50 Å². The first-order valence-electron chi connectivity index (χ1n) is 4.22. The zero-order valence-electron chi connectivity index (χ0n) is 7.64. The summed E-state index contributed by atoms with van der Waals surface area (Å²) in [5.41, 5.74) is 0.538. The van der Waals surface area contributed by atoms with Crippen LogP contribution in [0, 0.1) is 5.82 Å². The number of benzene rings is 1. The molecule has 0 unspecified atom stereocenters. The van der Waals surface area contributed by atoms with Crippen molar-refractivity contribution in [2.75, 3.05) is 0 Å². The van der Waals surface area contributed by atoms with E-state index in [1.54, 1.807) is 6.07 Å². The molecule has 0 aliphatic rings. The van der Waals surface area contributed by atoms with Crippen LogP contribution in [0.3, 0.4) is 0 Å². The Kier molecular flexibility index (Phi) is 2.98. The van der Waals surface area contributed by atoms with Gasteiger partial charge in [-0.2, -0.15) is 5.10 Å². The first kappa shape index (κ1) is 10.1. The highest BCUT2D eigenvalue weighted by molar-refractivity contribution is 7.99. The van der Waals surface area contributed by atoms with Crippen molar-refractivity contribution in [3.63, 3.8) is 0 Å². The Bertz CT molecular complexity index is 447. The molecule has 1 aromatic carbocycles. The van der Waals surface area contributed by atoms with Crippen LogP contribution >= 0.6 is 11.8 Å². The van der Waals surface area contributed by atoms with Crippen LogP contribution in [-0.2, 0) is 6.61 Å². The molecule has 0 fully saturated rings. The van der Waals surface area contributed by atoms with E-state index in [1.807, 2.05) is 0 Å². The van der Waals surface area contributed by atoms with E-state index in [2.05, 4.69) is 15.2 Å². The molecule has 0 aliphatic heterocycles. The van der Waals surface area contributed by atoms with E-state index in [4.69, 9.17) is 5.11 Å². The number of aromatic amines is 1. The predicted octanol–water partition coefficient (Wildman–Crippen LogP) is 1.59. The van der Waals surface area contributed by atoms with Gasteiger partial charge in [0, 0.05) is 4.90 Å². The number of rotatable bonds is 3. The minimum Gasteiger partial charge on any atom is -0.392 e. The van der Waals surface area contributed by atoms with Crippen LogP contribution in [0.15, 0.2) is 34.6 Å². The van der Waals surface area contributed by atoms with Crippen LogP contribution in [-0.4, -0.2) is 20.3 Å². The lowest BCUT2D eigenvalue weighted by atomic mass is 10.2. The van der Waals surface area contributed by atoms with Gasteiger partial charge in [0.1, 0.15) is 12.1 Å². The maximum absolute atomic E-state index is 12.9. The molecule has 15 heavy (non-hydrogen) atoms. The van der Waals surface area contributed by atoms with Gasteiger partial charge in [0.25, 0.3) is 0 Å². The van der Waals surface area contributed by atoms with Crippen molar-refractivity contribution in [1.82, 2.24) is 15.2 Å². The summed E-state index contributed by atoms with van der Waals surface area (Å²) in [6, 6.07) is 4.25. The third kappa shape index (κ3) is 2.34. The van der Waals surface area contributed by atoms with Crippen LogP contribution < -0.4 is 0 Å². The third-order valence-electron chi connectivity index (χ3n) is 1.79. The number of aromatic nitrogens is 3. The van der Waals surface area contributed by atoms with Gasteiger partial charge < -0.3 is 5.11 Å². The number of aliphatic hydroxyl groups is 1. The maximum Gasteiger partial charge on any atom is 0.188 e. The Labute approximate surface area is 89.6 Å². The van der Waals surface area contributed by atoms with E-state index in [-0.39, 0.29) is 12.4 Å². The summed E-state index contributed by atoms with van der Waals surface area (Å²) >= 11 is 1.30. The second-order valence-corrected chi connectivity index (χ2v) is 3.83. The van der Waals surface area contributed by atoms with Gasteiger partial charge >= 0.3 is 0 Å². The van der Waals surface area contributed by atoms with Gasteiger partial charge in [0.15, 0.2) is 5.16 Å². The van der Waals surface area contributed by atoms with E-state index in [9.17, 15) is 4.39 Å². The van der Waals surface area contributed by atoms with Gasteiger partial charge in [0.05, 0.1) is 6.61 Å². The smallest absolute Gasteiger partial charge is 0.188 e. The van der Waals surface area contributed by atoms with Gasteiger partial charge in [-0.25, -0.2) is 9.37 Å². The van der Waals surface area contributed by atoms with Crippen molar-refractivity contribution in [2.45, 2.75) is 16.7 Å². The second-order valence-electron chi connectivity index (χ2n) is 2.80. The lowest BCUT2D eigenvalue weighted by molar-refractivity contribution is 0.278. The molecule has 0 bridgehead atoms. The highest BCUT2D eigenvalue weighted by Crippen LogP contribution is 2.28. The molecular formula is C9H8FN3OS. The van der Waals surface area contributed by atoms with E-state index >= 15 is 0 Å². The molecule has 1 heterocycles. The second kappa shape index (κ2) is 4.41. The first-order valence-corrected chi connectivity index (χ1v) is 5.04. The summed E-state index contributed by atoms with van der Waals surface area (Å²) in [6.45, 7) is -0.200. The quantitative estimate of drug-likeness (QED) is 0.832. The Morgan fingerprint density at radius 3 is 3.00 bits per heavy atom. The molecule has 0 saturated heterocycles. The molecule has 1 aromatic heterocycles. The van der Waals surface area contributed by atoms with Gasteiger partial charge in [-0.05, 0) is 35.5 Å². The van der Waals surface area contributed by atoms with E-state index in [1.165, 1.54) is 30.2 Å². The van der Waals surface area contributed by atoms with Crippen LogP contribution in [0.1, 0.15) is 5.56 Å². The zero-order valence-corrected chi connectivity index (χ0v) is 8.46. The van der Waals surface area contributed by atoms with Crippen molar-refractivity contribution in [3.8, 4) is 0 Å².